The second kappa shape index (κ2) is 8.97. The molecule has 0 radical (unpaired) electrons. The lowest BCUT2D eigenvalue weighted by Crippen LogP contribution is -2.59. The Labute approximate surface area is 202 Å². The van der Waals surface area contributed by atoms with E-state index in [1.165, 1.54) is 6.20 Å². The number of carbonyl (C=O) groups excluding carboxylic acids is 1. The monoisotopic (exact) mass is 481 g/mol. The van der Waals surface area contributed by atoms with Crippen LogP contribution in [-0.2, 0) is 9.47 Å². The van der Waals surface area contributed by atoms with Crippen LogP contribution in [0.2, 0.25) is 0 Å². The zero-order chi connectivity index (χ0) is 24.7. The number of amides is 1. The molecule has 3 N–H and O–H groups in total. The van der Waals surface area contributed by atoms with Crippen LogP contribution in [0.3, 0.4) is 0 Å². The Morgan fingerprint density at radius 3 is 2.74 bits per heavy atom. The van der Waals surface area contributed by atoms with Gasteiger partial charge in [0.1, 0.15) is 22.9 Å². The minimum absolute atomic E-state index is 0.0768. The summed E-state index contributed by atoms with van der Waals surface area (Å²) in [4.78, 5) is 30.8. The van der Waals surface area contributed by atoms with Gasteiger partial charge in [0, 0.05) is 39.6 Å². The summed E-state index contributed by atoms with van der Waals surface area (Å²) >= 11 is 0. The number of hydrogen-bond donors (Lipinski definition) is 3. The minimum atomic E-state index is -0.369. The van der Waals surface area contributed by atoms with E-state index in [4.69, 9.17) is 9.47 Å². The number of aromatic nitrogens is 4. The van der Waals surface area contributed by atoms with Crippen molar-refractivity contribution in [3.63, 3.8) is 0 Å². The van der Waals surface area contributed by atoms with E-state index in [1.807, 2.05) is 13.0 Å². The van der Waals surface area contributed by atoms with Crippen molar-refractivity contribution in [1.29, 1.82) is 0 Å². The van der Waals surface area contributed by atoms with Crippen LogP contribution in [0.4, 0.5) is 17.3 Å². The topological polar surface area (TPSA) is 124 Å². The van der Waals surface area contributed by atoms with Crippen molar-refractivity contribution in [3.8, 4) is 0 Å². The average molecular weight is 482 g/mol. The standard InChI is InChI=1S/C24H31N7O4/c1-24(35-4)8-7-18(24)28-22(32)16-13-26-31-20(25-2)12-19(29-21(16)31)27-17-6-5-9-30(23(17)33)14-10-15(11-14)34-3/h5-6,9,12-15,18,25H,7-8,10-11H2,1-4H3,(H,27,29)(H,28,32)/t14?,15?,18-,24-/m0/s1. The quantitative estimate of drug-likeness (QED) is 0.448. The van der Waals surface area contributed by atoms with E-state index in [0.29, 0.717) is 28.5 Å². The number of ether oxygens (including phenoxy) is 2. The highest BCUT2D eigenvalue weighted by Crippen LogP contribution is 2.35. The first-order valence-electron chi connectivity index (χ1n) is 11.8. The number of nitrogens with one attached hydrogen (secondary N) is 3. The molecular formula is C24H31N7O4. The molecular weight excluding hydrogens is 450 g/mol. The molecule has 3 aromatic heterocycles. The van der Waals surface area contributed by atoms with Crippen LogP contribution in [0.15, 0.2) is 35.4 Å². The molecule has 2 aliphatic rings. The molecule has 1 amide bonds. The zero-order valence-corrected chi connectivity index (χ0v) is 20.4. The lowest BCUT2D eigenvalue weighted by atomic mass is 9.76. The molecule has 11 nitrogen and oxygen atoms in total. The average Bonchev–Trinajstić information content (AvgIpc) is 3.26. The summed E-state index contributed by atoms with van der Waals surface area (Å²) in [7, 11) is 5.11. The van der Waals surface area contributed by atoms with Gasteiger partial charge in [-0.15, -0.1) is 0 Å². The third-order valence-corrected chi connectivity index (χ3v) is 7.44. The Hall–Kier alpha value is -3.44. The second-order valence-electron chi connectivity index (χ2n) is 9.39. The highest BCUT2D eigenvalue weighted by Gasteiger charge is 2.44. The van der Waals surface area contributed by atoms with Gasteiger partial charge in [0.2, 0.25) is 0 Å². The van der Waals surface area contributed by atoms with Gasteiger partial charge in [-0.25, -0.2) is 4.98 Å². The third-order valence-electron chi connectivity index (χ3n) is 7.44. The summed E-state index contributed by atoms with van der Waals surface area (Å²) in [6.45, 7) is 1.99. The molecule has 3 heterocycles. The van der Waals surface area contributed by atoms with Crippen molar-refractivity contribution in [3.05, 3.63) is 46.5 Å². The van der Waals surface area contributed by atoms with Crippen molar-refractivity contribution in [2.75, 3.05) is 31.9 Å². The lowest BCUT2D eigenvalue weighted by Gasteiger charge is -2.45. The lowest BCUT2D eigenvalue weighted by molar-refractivity contribution is -0.0828. The molecule has 11 heteroatoms. The number of carbonyl (C=O) groups is 1. The molecule has 0 saturated heterocycles. The summed E-state index contributed by atoms with van der Waals surface area (Å²) < 4.78 is 14.2. The first-order valence-corrected chi connectivity index (χ1v) is 11.8. The summed E-state index contributed by atoms with van der Waals surface area (Å²) in [5.74, 6) is 0.791. The van der Waals surface area contributed by atoms with Gasteiger partial charge in [-0.1, -0.05) is 0 Å². The smallest absolute Gasteiger partial charge is 0.274 e. The molecule has 0 unspecified atom stereocenters. The van der Waals surface area contributed by atoms with Gasteiger partial charge in [-0.05, 0) is 44.7 Å². The van der Waals surface area contributed by atoms with Gasteiger partial charge in [0.25, 0.3) is 11.5 Å². The number of nitrogens with zero attached hydrogens (tertiary/aromatic N) is 4. The normalized spacial score (nSPS) is 25.5. The van der Waals surface area contributed by atoms with Crippen molar-refractivity contribution in [1.82, 2.24) is 24.5 Å². The molecule has 186 valence electrons. The van der Waals surface area contributed by atoms with Gasteiger partial charge >= 0.3 is 0 Å². The summed E-state index contributed by atoms with van der Waals surface area (Å²) in [6.07, 6.45) is 6.86. The fourth-order valence-electron chi connectivity index (χ4n) is 4.75. The molecule has 5 rings (SSSR count). The Morgan fingerprint density at radius 2 is 2.09 bits per heavy atom. The van der Waals surface area contributed by atoms with Crippen LogP contribution >= 0.6 is 0 Å². The number of rotatable bonds is 8. The maximum atomic E-state index is 13.1. The van der Waals surface area contributed by atoms with Crippen LogP contribution < -0.4 is 21.5 Å². The van der Waals surface area contributed by atoms with Crippen LogP contribution in [0, 0.1) is 0 Å². The van der Waals surface area contributed by atoms with Crippen LogP contribution in [0.5, 0.6) is 0 Å². The molecule has 35 heavy (non-hydrogen) atoms. The van der Waals surface area contributed by atoms with Gasteiger partial charge in [-0.3, -0.25) is 9.59 Å². The second-order valence-corrected chi connectivity index (χ2v) is 9.39. The van der Waals surface area contributed by atoms with E-state index < -0.39 is 0 Å². The maximum Gasteiger partial charge on any atom is 0.274 e. The number of pyridine rings is 1. The number of fused-ring (bicyclic) bond motifs is 1. The van der Waals surface area contributed by atoms with E-state index in [9.17, 15) is 9.59 Å². The van der Waals surface area contributed by atoms with E-state index in [1.54, 1.807) is 48.7 Å². The van der Waals surface area contributed by atoms with Gasteiger partial charge < -0.3 is 30.0 Å². The summed E-state index contributed by atoms with van der Waals surface area (Å²) in [5, 5.41) is 13.6. The first-order chi connectivity index (χ1) is 16.9. The van der Waals surface area contributed by atoms with E-state index in [2.05, 4.69) is 26.0 Å². The Bertz CT molecular complexity index is 1310. The van der Waals surface area contributed by atoms with Crippen molar-refractivity contribution in [2.24, 2.45) is 0 Å². The minimum Gasteiger partial charge on any atom is -0.381 e. The van der Waals surface area contributed by atoms with Crippen LogP contribution in [0.1, 0.15) is 49.0 Å². The van der Waals surface area contributed by atoms with E-state index in [0.717, 1.165) is 25.7 Å². The molecule has 0 spiro atoms. The van der Waals surface area contributed by atoms with Crippen LogP contribution in [0.25, 0.3) is 5.65 Å². The fraction of sp³-hybridized carbons (Fsp3) is 0.500. The highest BCUT2D eigenvalue weighted by atomic mass is 16.5. The molecule has 2 saturated carbocycles. The van der Waals surface area contributed by atoms with Crippen molar-refractivity contribution in [2.45, 2.75) is 56.4 Å². The third kappa shape index (κ3) is 4.04. The fourth-order valence-corrected chi connectivity index (χ4v) is 4.75. The van der Waals surface area contributed by atoms with Gasteiger partial charge in [-0.2, -0.15) is 9.61 Å². The first kappa shape index (κ1) is 23.3. The van der Waals surface area contributed by atoms with Crippen molar-refractivity contribution >= 4 is 28.9 Å². The summed E-state index contributed by atoms with van der Waals surface area (Å²) in [5.41, 5.74) is 0.638. The molecule has 0 aliphatic heterocycles. The predicted octanol–water partition coefficient (Wildman–Crippen LogP) is 2.32. The van der Waals surface area contributed by atoms with Crippen molar-refractivity contribution < 1.29 is 14.3 Å². The molecule has 2 atom stereocenters. The predicted molar refractivity (Wildman–Crippen MR) is 131 cm³/mol. The Kier molecular flexibility index (Phi) is 5.97. The molecule has 2 aliphatic carbocycles. The Balaban J connectivity index is 1.43. The largest absolute Gasteiger partial charge is 0.381 e. The van der Waals surface area contributed by atoms with E-state index in [-0.39, 0.29) is 35.3 Å². The SMILES string of the molecule is CNc1cc(Nc2cccn(C3CC(OC)C3)c2=O)nc2c(C(=O)N[C@H]3CC[C@]3(C)OC)cnn12. The maximum absolute atomic E-state index is 13.1. The van der Waals surface area contributed by atoms with Crippen LogP contribution in [-0.4, -0.2) is 64.1 Å². The van der Waals surface area contributed by atoms with Gasteiger partial charge in [0.05, 0.1) is 23.9 Å². The summed E-state index contributed by atoms with van der Waals surface area (Å²) in [6, 6.07) is 5.35. The number of hydrogen-bond acceptors (Lipinski definition) is 8. The molecule has 0 bridgehead atoms. The number of methoxy groups -OCH3 is 2. The zero-order valence-electron chi connectivity index (χ0n) is 20.4. The highest BCUT2D eigenvalue weighted by molar-refractivity contribution is 6.00. The molecule has 2 fully saturated rings. The number of anilines is 3. The molecule has 3 aromatic rings. The van der Waals surface area contributed by atoms with E-state index >= 15 is 0 Å². The van der Waals surface area contributed by atoms with Gasteiger partial charge in [0.15, 0.2) is 5.65 Å². The Morgan fingerprint density at radius 1 is 1.29 bits per heavy atom. The molecule has 0 aromatic carbocycles.